The van der Waals surface area contributed by atoms with Gasteiger partial charge in [0.15, 0.2) is 0 Å². The lowest BCUT2D eigenvalue weighted by Gasteiger charge is -2.20. The van der Waals surface area contributed by atoms with Gasteiger partial charge >= 0.3 is 0 Å². The molecule has 0 aromatic heterocycles. The summed E-state index contributed by atoms with van der Waals surface area (Å²) in [7, 11) is 3.70. The Morgan fingerprint density at radius 1 is 1.11 bits per heavy atom. The van der Waals surface area contributed by atoms with Gasteiger partial charge in [0.2, 0.25) is 5.91 Å². The Hall–Kier alpha value is -0.650. The molecule has 1 heterocycles. The van der Waals surface area contributed by atoms with E-state index in [0.29, 0.717) is 32.8 Å². The number of amides is 1. The van der Waals surface area contributed by atoms with Crippen molar-refractivity contribution in [3.63, 3.8) is 0 Å². The molecule has 0 saturated carbocycles. The molecule has 5 nitrogen and oxygen atoms in total. The van der Waals surface area contributed by atoms with Crippen LogP contribution in [0.2, 0.25) is 0 Å². The van der Waals surface area contributed by atoms with E-state index in [1.807, 2.05) is 25.8 Å². The van der Waals surface area contributed by atoms with E-state index < -0.39 is 0 Å². The van der Waals surface area contributed by atoms with Gasteiger partial charge in [-0.05, 0) is 7.05 Å². The first-order valence-electron chi connectivity index (χ1n) is 6.77. The number of nitrogens with zero attached hydrogens (tertiary/aromatic N) is 2. The molecular weight excluding hydrogens is 232 g/mol. The van der Waals surface area contributed by atoms with Gasteiger partial charge in [-0.15, -0.1) is 0 Å². The first kappa shape index (κ1) is 17.4. The van der Waals surface area contributed by atoms with E-state index in [0.717, 1.165) is 19.6 Å². The summed E-state index contributed by atoms with van der Waals surface area (Å²) >= 11 is 0. The zero-order chi connectivity index (χ0) is 13.8. The molecule has 1 amide bonds. The third-order valence-corrected chi connectivity index (χ3v) is 2.75. The third-order valence-electron chi connectivity index (χ3n) is 2.75. The smallest absolute Gasteiger partial charge is 0.223 e. The number of carbonyl (C=O) groups is 1. The molecule has 0 unspecified atom stereocenters. The molecule has 0 bridgehead atoms. The quantitative estimate of drug-likeness (QED) is 0.664. The van der Waals surface area contributed by atoms with Gasteiger partial charge in [-0.2, -0.15) is 0 Å². The van der Waals surface area contributed by atoms with Crippen molar-refractivity contribution in [2.75, 3.05) is 60.2 Å². The summed E-state index contributed by atoms with van der Waals surface area (Å²) in [6.45, 7) is 9.11. The van der Waals surface area contributed by atoms with Crippen molar-refractivity contribution < 1.29 is 14.3 Å². The van der Waals surface area contributed by atoms with Crippen LogP contribution in [0.1, 0.15) is 20.3 Å². The second kappa shape index (κ2) is 11.4. The molecule has 0 aromatic carbocycles. The highest BCUT2D eigenvalue weighted by molar-refractivity contribution is 5.76. The monoisotopic (exact) mass is 260 g/mol. The number of carbonyl (C=O) groups excluding carboxylic acids is 1. The van der Waals surface area contributed by atoms with Gasteiger partial charge in [-0.1, -0.05) is 13.8 Å². The molecule has 1 saturated heterocycles. The molecule has 108 valence electrons. The highest BCUT2D eigenvalue weighted by Crippen LogP contribution is 2.02. The van der Waals surface area contributed by atoms with Crippen LogP contribution in [0.15, 0.2) is 0 Å². The molecule has 0 radical (unpaired) electrons. The van der Waals surface area contributed by atoms with Gasteiger partial charge < -0.3 is 19.3 Å². The summed E-state index contributed by atoms with van der Waals surface area (Å²) in [5.74, 6) is 0.236. The van der Waals surface area contributed by atoms with E-state index in [-0.39, 0.29) is 5.91 Å². The van der Waals surface area contributed by atoms with Gasteiger partial charge in [0.25, 0.3) is 0 Å². The van der Waals surface area contributed by atoms with Crippen molar-refractivity contribution in [3.05, 3.63) is 0 Å². The molecule has 18 heavy (non-hydrogen) atoms. The van der Waals surface area contributed by atoms with Crippen molar-refractivity contribution >= 4 is 5.91 Å². The van der Waals surface area contributed by atoms with Gasteiger partial charge in [0.1, 0.15) is 0 Å². The van der Waals surface area contributed by atoms with E-state index in [2.05, 4.69) is 4.90 Å². The lowest BCUT2D eigenvalue weighted by atomic mass is 10.3. The van der Waals surface area contributed by atoms with Crippen LogP contribution in [0, 0.1) is 0 Å². The van der Waals surface area contributed by atoms with Crippen molar-refractivity contribution in [2.24, 2.45) is 0 Å². The lowest BCUT2D eigenvalue weighted by molar-refractivity contribution is -0.131. The molecule has 0 N–H and O–H groups in total. The van der Waals surface area contributed by atoms with Gasteiger partial charge in [-0.3, -0.25) is 4.79 Å². The second-order valence-electron chi connectivity index (χ2n) is 4.04. The van der Waals surface area contributed by atoms with Crippen molar-refractivity contribution in [2.45, 2.75) is 20.3 Å². The molecule has 1 aliphatic rings. The summed E-state index contributed by atoms with van der Waals surface area (Å²) in [4.78, 5) is 15.8. The molecule has 1 fully saturated rings. The molecule has 1 rings (SSSR count). The van der Waals surface area contributed by atoms with Crippen LogP contribution in [0.25, 0.3) is 0 Å². The van der Waals surface area contributed by atoms with Crippen LogP contribution in [0.5, 0.6) is 0 Å². The number of methoxy groups -OCH3 is 1. The topological polar surface area (TPSA) is 42.0 Å². The number of likely N-dealkylation sites (N-methyl/N-ethyl adjacent to an activating group) is 1. The predicted molar refractivity (Wildman–Crippen MR) is 72.7 cm³/mol. The average molecular weight is 260 g/mol. The molecule has 0 aromatic rings. The van der Waals surface area contributed by atoms with Crippen LogP contribution < -0.4 is 0 Å². The Balaban J connectivity index is 0.00000137. The molecule has 0 aliphatic carbocycles. The zero-order valence-electron chi connectivity index (χ0n) is 12.3. The number of hydrogen-bond acceptors (Lipinski definition) is 4. The van der Waals surface area contributed by atoms with E-state index in [1.165, 1.54) is 0 Å². The molecular formula is C13H28N2O3. The van der Waals surface area contributed by atoms with Crippen LogP contribution in [0.4, 0.5) is 0 Å². The standard InChI is InChI=1S/C11H22N2O3.C2H6/c1-12-4-3-11(14)13(6-5-12)7-8-16-10-9-15-2;1-2/h3-10H2,1-2H3;1-2H3. The Kier molecular flexibility index (Phi) is 11.0. The van der Waals surface area contributed by atoms with Crippen molar-refractivity contribution in [1.29, 1.82) is 0 Å². The summed E-state index contributed by atoms with van der Waals surface area (Å²) in [6, 6.07) is 0. The Morgan fingerprint density at radius 2 is 1.83 bits per heavy atom. The van der Waals surface area contributed by atoms with E-state index in [4.69, 9.17) is 9.47 Å². The third kappa shape index (κ3) is 7.63. The van der Waals surface area contributed by atoms with Crippen LogP contribution in [-0.4, -0.2) is 75.9 Å². The summed E-state index contributed by atoms with van der Waals surface area (Å²) < 4.78 is 10.2. The molecule has 0 atom stereocenters. The van der Waals surface area contributed by atoms with Gasteiger partial charge in [0, 0.05) is 39.7 Å². The lowest BCUT2D eigenvalue weighted by Crippen LogP contribution is -2.35. The average Bonchev–Trinajstić information content (AvgIpc) is 2.56. The maximum atomic E-state index is 11.7. The first-order valence-corrected chi connectivity index (χ1v) is 6.77. The van der Waals surface area contributed by atoms with Gasteiger partial charge in [-0.25, -0.2) is 0 Å². The van der Waals surface area contributed by atoms with E-state index >= 15 is 0 Å². The second-order valence-corrected chi connectivity index (χ2v) is 4.04. The predicted octanol–water partition coefficient (Wildman–Crippen LogP) is 0.840. The molecule has 1 aliphatic heterocycles. The zero-order valence-corrected chi connectivity index (χ0v) is 12.3. The van der Waals surface area contributed by atoms with Crippen LogP contribution >= 0.6 is 0 Å². The number of hydrogen-bond donors (Lipinski definition) is 0. The Labute approximate surface area is 111 Å². The summed E-state index contributed by atoms with van der Waals surface area (Å²) in [5, 5.41) is 0. The van der Waals surface area contributed by atoms with Gasteiger partial charge in [0.05, 0.1) is 19.8 Å². The maximum absolute atomic E-state index is 11.7. The van der Waals surface area contributed by atoms with Crippen LogP contribution in [-0.2, 0) is 14.3 Å². The first-order chi connectivity index (χ1) is 8.74. The van der Waals surface area contributed by atoms with Crippen LogP contribution in [0.3, 0.4) is 0 Å². The fourth-order valence-electron chi connectivity index (χ4n) is 1.63. The summed E-state index contributed by atoms with van der Waals surface area (Å²) in [6.07, 6.45) is 0.620. The maximum Gasteiger partial charge on any atom is 0.223 e. The Bertz CT molecular complexity index is 212. The fourth-order valence-corrected chi connectivity index (χ4v) is 1.63. The highest BCUT2D eigenvalue weighted by atomic mass is 16.5. The fraction of sp³-hybridized carbons (Fsp3) is 0.923. The number of rotatable bonds is 6. The minimum absolute atomic E-state index is 0.236. The summed E-state index contributed by atoms with van der Waals surface area (Å²) in [5.41, 5.74) is 0. The molecule has 5 heteroatoms. The van der Waals surface area contributed by atoms with E-state index in [9.17, 15) is 4.79 Å². The minimum Gasteiger partial charge on any atom is -0.382 e. The van der Waals surface area contributed by atoms with E-state index in [1.54, 1.807) is 7.11 Å². The highest BCUT2D eigenvalue weighted by Gasteiger charge is 2.18. The SMILES string of the molecule is CC.COCCOCCN1CCN(C)CCC1=O. The van der Waals surface area contributed by atoms with Crippen molar-refractivity contribution in [1.82, 2.24) is 9.80 Å². The molecule has 0 spiro atoms. The Morgan fingerprint density at radius 3 is 2.50 bits per heavy atom. The van der Waals surface area contributed by atoms with Crippen molar-refractivity contribution in [3.8, 4) is 0 Å². The minimum atomic E-state index is 0.236. The normalized spacial score (nSPS) is 17.1. The largest absolute Gasteiger partial charge is 0.382 e. The number of ether oxygens (including phenoxy) is 2.